The normalized spacial score (nSPS) is 17.5. The lowest BCUT2D eigenvalue weighted by atomic mass is 9.92. The van der Waals surface area contributed by atoms with E-state index in [1.165, 1.54) is 0 Å². The van der Waals surface area contributed by atoms with Crippen LogP contribution < -0.4 is 10.9 Å². The van der Waals surface area contributed by atoms with E-state index in [9.17, 15) is 9.59 Å². The fourth-order valence-electron chi connectivity index (χ4n) is 4.21. The van der Waals surface area contributed by atoms with Gasteiger partial charge in [0.15, 0.2) is 0 Å². The summed E-state index contributed by atoms with van der Waals surface area (Å²) in [5.74, 6) is -0.0808. The van der Waals surface area contributed by atoms with Gasteiger partial charge in [0.2, 0.25) is 0 Å². The zero-order valence-electron chi connectivity index (χ0n) is 19.1. The topological polar surface area (TPSA) is 95.9 Å². The molecule has 32 heavy (non-hydrogen) atoms. The van der Waals surface area contributed by atoms with E-state index in [-0.39, 0.29) is 22.9 Å². The van der Waals surface area contributed by atoms with Crippen LogP contribution in [0.1, 0.15) is 56.1 Å². The quantitative estimate of drug-likeness (QED) is 0.619. The smallest absolute Gasteiger partial charge is 0.266 e. The number of imidazole rings is 1. The Hall–Kier alpha value is -3.00. The molecule has 0 spiro atoms. The maximum atomic E-state index is 12.7. The van der Waals surface area contributed by atoms with Gasteiger partial charge < -0.3 is 10.3 Å². The monoisotopic (exact) mass is 436 g/mol. The molecule has 1 fully saturated rings. The van der Waals surface area contributed by atoms with Crippen molar-refractivity contribution in [3.63, 3.8) is 0 Å². The predicted octanol–water partition coefficient (Wildman–Crippen LogP) is 2.70. The first kappa shape index (κ1) is 22.2. The number of likely N-dealkylation sites (tertiary alicyclic amines) is 1. The van der Waals surface area contributed by atoms with Crippen LogP contribution in [0, 0.1) is 0 Å². The highest BCUT2D eigenvalue weighted by atomic mass is 16.1. The predicted molar refractivity (Wildman–Crippen MR) is 125 cm³/mol. The summed E-state index contributed by atoms with van der Waals surface area (Å²) < 4.78 is 1.57. The summed E-state index contributed by atoms with van der Waals surface area (Å²) in [5, 5.41) is 7.68. The van der Waals surface area contributed by atoms with Crippen molar-refractivity contribution in [3.05, 3.63) is 58.3 Å². The molecule has 8 nitrogen and oxygen atoms in total. The summed E-state index contributed by atoms with van der Waals surface area (Å²) in [7, 11) is 0. The molecule has 1 aliphatic rings. The summed E-state index contributed by atoms with van der Waals surface area (Å²) in [6.45, 7) is 9.12. The van der Waals surface area contributed by atoms with Gasteiger partial charge in [0.1, 0.15) is 0 Å². The lowest BCUT2D eigenvalue weighted by Gasteiger charge is -2.35. The summed E-state index contributed by atoms with van der Waals surface area (Å²) in [6, 6.07) is 9.17. The van der Waals surface area contributed by atoms with Crippen LogP contribution in [0.2, 0.25) is 0 Å². The fourth-order valence-corrected chi connectivity index (χ4v) is 4.21. The van der Waals surface area contributed by atoms with Crippen LogP contribution >= 0.6 is 0 Å². The molecule has 1 saturated heterocycles. The van der Waals surface area contributed by atoms with Crippen molar-refractivity contribution >= 4 is 16.9 Å². The van der Waals surface area contributed by atoms with Crippen molar-refractivity contribution in [2.24, 2.45) is 0 Å². The van der Waals surface area contributed by atoms with E-state index < -0.39 is 0 Å². The van der Waals surface area contributed by atoms with Gasteiger partial charge in [-0.05, 0) is 43.7 Å². The zero-order chi connectivity index (χ0) is 22.7. The highest BCUT2D eigenvalue weighted by Gasteiger charge is 2.23. The Balaban J connectivity index is 1.38. The molecule has 1 aliphatic heterocycles. The third kappa shape index (κ3) is 5.07. The van der Waals surface area contributed by atoms with Gasteiger partial charge in [-0.3, -0.25) is 14.5 Å². The number of aromatic nitrogens is 4. The van der Waals surface area contributed by atoms with Crippen molar-refractivity contribution in [2.45, 2.75) is 58.0 Å². The Kier molecular flexibility index (Phi) is 6.41. The van der Waals surface area contributed by atoms with Crippen LogP contribution in [-0.2, 0) is 12.0 Å². The molecular weight excluding hydrogens is 404 g/mol. The Morgan fingerprint density at radius 3 is 2.84 bits per heavy atom. The number of fused-ring (bicyclic) bond motifs is 1. The van der Waals surface area contributed by atoms with Crippen LogP contribution in [0.4, 0.5) is 0 Å². The second-order valence-electron chi connectivity index (χ2n) is 9.56. The molecule has 0 radical (unpaired) electrons. The highest BCUT2D eigenvalue weighted by Crippen LogP contribution is 2.19. The minimum absolute atomic E-state index is 0.0749. The SMILES string of the molecule is CC(C)(C)c1ccc(=O)n(CCN2CCCCC2CNC(=O)c2ccc3nc[nH]c3c2)n1. The van der Waals surface area contributed by atoms with Gasteiger partial charge in [0.25, 0.3) is 11.5 Å². The molecule has 8 heteroatoms. The standard InChI is InChI=1S/C24H32N6O2/c1-24(2,3)21-9-10-22(31)30(28-21)13-12-29-11-5-4-6-18(29)15-25-23(32)17-7-8-19-20(14-17)27-16-26-19/h7-10,14,16,18H,4-6,11-13,15H2,1-3H3,(H,25,32)(H,26,27). The first-order valence-corrected chi connectivity index (χ1v) is 11.4. The molecule has 0 aliphatic carbocycles. The molecule has 1 aromatic carbocycles. The Morgan fingerprint density at radius 2 is 2.03 bits per heavy atom. The summed E-state index contributed by atoms with van der Waals surface area (Å²) >= 11 is 0. The molecule has 2 N–H and O–H groups in total. The summed E-state index contributed by atoms with van der Waals surface area (Å²) in [4.78, 5) is 34.6. The number of aromatic amines is 1. The number of nitrogens with one attached hydrogen (secondary N) is 2. The first-order chi connectivity index (χ1) is 15.3. The number of H-pyrrole nitrogens is 1. The van der Waals surface area contributed by atoms with Gasteiger partial charge in [-0.15, -0.1) is 0 Å². The van der Waals surface area contributed by atoms with Crippen molar-refractivity contribution in [3.8, 4) is 0 Å². The van der Waals surface area contributed by atoms with Crippen molar-refractivity contribution in [1.29, 1.82) is 0 Å². The van der Waals surface area contributed by atoms with Crippen molar-refractivity contribution in [2.75, 3.05) is 19.6 Å². The average molecular weight is 437 g/mol. The van der Waals surface area contributed by atoms with E-state index in [4.69, 9.17) is 0 Å². The molecule has 1 unspecified atom stereocenters. The Morgan fingerprint density at radius 1 is 1.19 bits per heavy atom. The third-order valence-corrected chi connectivity index (χ3v) is 6.16. The highest BCUT2D eigenvalue weighted by molar-refractivity contribution is 5.97. The molecule has 2 aromatic heterocycles. The average Bonchev–Trinajstić information content (AvgIpc) is 3.24. The van der Waals surface area contributed by atoms with Crippen LogP contribution in [0.15, 0.2) is 41.5 Å². The Labute approximate surface area is 188 Å². The first-order valence-electron chi connectivity index (χ1n) is 11.4. The van der Waals surface area contributed by atoms with Gasteiger partial charge >= 0.3 is 0 Å². The number of carbonyl (C=O) groups excluding carboxylic acids is 1. The van der Waals surface area contributed by atoms with Gasteiger partial charge in [0, 0.05) is 36.2 Å². The molecule has 3 heterocycles. The number of hydrogen-bond donors (Lipinski definition) is 2. The maximum absolute atomic E-state index is 12.7. The number of amides is 1. The molecule has 1 atom stereocenters. The van der Waals surface area contributed by atoms with Crippen LogP contribution in [0.25, 0.3) is 11.0 Å². The number of rotatable bonds is 6. The van der Waals surface area contributed by atoms with Crippen molar-refractivity contribution < 1.29 is 4.79 Å². The number of benzene rings is 1. The third-order valence-electron chi connectivity index (χ3n) is 6.16. The number of hydrogen-bond acceptors (Lipinski definition) is 5. The lowest BCUT2D eigenvalue weighted by Crippen LogP contribution is -2.48. The minimum Gasteiger partial charge on any atom is -0.350 e. The van der Waals surface area contributed by atoms with E-state index in [0.717, 1.165) is 49.1 Å². The van der Waals surface area contributed by atoms with Crippen LogP contribution in [-0.4, -0.2) is 56.2 Å². The molecule has 1 amide bonds. The Bertz CT molecular complexity index is 1140. The number of nitrogens with zero attached hydrogens (tertiary/aromatic N) is 4. The van der Waals surface area contributed by atoms with E-state index >= 15 is 0 Å². The molecular formula is C24H32N6O2. The molecule has 3 aromatic rings. The molecule has 0 saturated carbocycles. The summed E-state index contributed by atoms with van der Waals surface area (Å²) in [6.07, 6.45) is 4.94. The van der Waals surface area contributed by atoms with E-state index in [1.54, 1.807) is 23.1 Å². The minimum atomic E-state index is -0.105. The van der Waals surface area contributed by atoms with Crippen LogP contribution in [0.5, 0.6) is 0 Å². The lowest BCUT2D eigenvalue weighted by molar-refractivity contribution is 0.0909. The summed E-state index contributed by atoms with van der Waals surface area (Å²) in [5.41, 5.74) is 3.06. The van der Waals surface area contributed by atoms with E-state index in [2.05, 4.69) is 46.1 Å². The maximum Gasteiger partial charge on any atom is 0.266 e. The van der Waals surface area contributed by atoms with Gasteiger partial charge in [-0.2, -0.15) is 5.10 Å². The van der Waals surface area contributed by atoms with E-state index in [1.807, 2.05) is 18.2 Å². The largest absolute Gasteiger partial charge is 0.350 e. The number of carbonyl (C=O) groups is 1. The fraction of sp³-hybridized carbons (Fsp3) is 0.500. The second-order valence-corrected chi connectivity index (χ2v) is 9.56. The number of piperidine rings is 1. The van der Waals surface area contributed by atoms with Crippen LogP contribution in [0.3, 0.4) is 0 Å². The van der Waals surface area contributed by atoms with Crippen molar-refractivity contribution in [1.82, 2.24) is 30.0 Å². The van der Waals surface area contributed by atoms with Gasteiger partial charge in [-0.1, -0.05) is 27.2 Å². The molecule has 4 rings (SSSR count). The molecule has 170 valence electrons. The zero-order valence-corrected chi connectivity index (χ0v) is 19.1. The molecule has 0 bridgehead atoms. The van der Waals surface area contributed by atoms with Gasteiger partial charge in [-0.25, -0.2) is 9.67 Å². The second kappa shape index (κ2) is 9.24. The van der Waals surface area contributed by atoms with E-state index in [0.29, 0.717) is 18.7 Å². The van der Waals surface area contributed by atoms with Gasteiger partial charge in [0.05, 0.1) is 29.6 Å².